The molecule has 4 heteroatoms. The third-order valence-corrected chi connectivity index (χ3v) is 5.50. The van der Waals surface area contributed by atoms with Crippen LogP contribution in [0.4, 0.5) is 0 Å². The predicted molar refractivity (Wildman–Crippen MR) is 76.3 cm³/mol. The van der Waals surface area contributed by atoms with E-state index in [1.54, 1.807) is 19.1 Å². The molecular weight excluding hydrogens is 256 g/mol. The molecule has 0 saturated carbocycles. The maximum absolute atomic E-state index is 11.8. The number of fused-ring (bicyclic) bond motifs is 1. The molecule has 1 aromatic carbocycles. The van der Waals surface area contributed by atoms with E-state index < -0.39 is 22.4 Å². The van der Waals surface area contributed by atoms with Crippen LogP contribution >= 0.6 is 0 Å². The molecule has 0 radical (unpaired) electrons. The molecule has 20 heavy (non-hydrogen) atoms. The van der Waals surface area contributed by atoms with Crippen LogP contribution < -0.4 is 4.74 Å². The highest BCUT2D eigenvalue weighted by molar-refractivity contribution is 5.80. The Balaban J connectivity index is 2.82. The second kappa shape index (κ2) is 3.90. The highest BCUT2D eigenvalue weighted by atomic mass is 16.5. The summed E-state index contributed by atoms with van der Waals surface area (Å²) in [6.45, 7) is 11.2. The second-order valence-corrected chi connectivity index (χ2v) is 6.77. The highest BCUT2D eigenvalue weighted by Gasteiger charge is 2.61. The van der Waals surface area contributed by atoms with Gasteiger partial charge in [-0.05, 0) is 31.5 Å². The van der Waals surface area contributed by atoms with E-state index in [9.17, 15) is 15.0 Å². The molecule has 0 spiro atoms. The molecule has 2 rings (SSSR count). The van der Waals surface area contributed by atoms with Crippen LogP contribution in [0, 0.1) is 12.3 Å². The SMILES string of the molecule is Cc1c(O)ccc2c1C(C)(C)C(C)(C)C(C)(C(=O)O)O2. The average molecular weight is 278 g/mol. The number of benzene rings is 1. The number of phenolic OH excluding ortho intramolecular Hbond substituents is 1. The molecule has 0 bridgehead atoms. The number of aliphatic carboxylic acids is 1. The van der Waals surface area contributed by atoms with Crippen LogP contribution in [0.15, 0.2) is 12.1 Å². The lowest BCUT2D eigenvalue weighted by Gasteiger charge is -2.55. The Morgan fingerprint density at radius 1 is 1.15 bits per heavy atom. The molecule has 1 atom stereocenters. The van der Waals surface area contributed by atoms with Gasteiger partial charge in [0.25, 0.3) is 0 Å². The minimum atomic E-state index is -1.33. The quantitative estimate of drug-likeness (QED) is 0.827. The zero-order valence-electron chi connectivity index (χ0n) is 12.9. The van der Waals surface area contributed by atoms with E-state index in [4.69, 9.17) is 4.74 Å². The first-order chi connectivity index (χ1) is 8.97. The summed E-state index contributed by atoms with van der Waals surface area (Å²) in [5, 5.41) is 19.6. The number of carboxylic acid groups (broad SMARTS) is 1. The minimum Gasteiger partial charge on any atom is -0.508 e. The van der Waals surface area contributed by atoms with Crippen molar-refractivity contribution in [1.82, 2.24) is 0 Å². The van der Waals surface area contributed by atoms with Gasteiger partial charge in [0, 0.05) is 16.4 Å². The maximum atomic E-state index is 11.8. The average Bonchev–Trinajstić information content (AvgIpc) is 2.31. The molecule has 4 nitrogen and oxygen atoms in total. The van der Waals surface area contributed by atoms with Crippen LogP contribution in [-0.2, 0) is 10.2 Å². The summed E-state index contributed by atoms with van der Waals surface area (Å²) < 4.78 is 5.86. The van der Waals surface area contributed by atoms with Gasteiger partial charge in [-0.3, -0.25) is 0 Å². The van der Waals surface area contributed by atoms with Crippen molar-refractivity contribution in [2.24, 2.45) is 5.41 Å². The normalized spacial score (nSPS) is 26.5. The summed E-state index contributed by atoms with van der Waals surface area (Å²) in [5.74, 6) is -0.239. The second-order valence-electron chi connectivity index (χ2n) is 6.77. The number of carboxylic acids is 1. The van der Waals surface area contributed by atoms with E-state index in [-0.39, 0.29) is 5.75 Å². The van der Waals surface area contributed by atoms with Crippen LogP contribution in [0.5, 0.6) is 11.5 Å². The topological polar surface area (TPSA) is 66.8 Å². The van der Waals surface area contributed by atoms with Crippen molar-refractivity contribution in [1.29, 1.82) is 0 Å². The van der Waals surface area contributed by atoms with Gasteiger partial charge >= 0.3 is 5.97 Å². The fourth-order valence-corrected chi connectivity index (χ4v) is 3.10. The molecule has 1 aromatic rings. The van der Waals surface area contributed by atoms with Crippen molar-refractivity contribution in [2.75, 3.05) is 0 Å². The molecule has 1 heterocycles. The first kappa shape index (κ1) is 14.7. The van der Waals surface area contributed by atoms with Gasteiger partial charge < -0.3 is 14.9 Å². The summed E-state index contributed by atoms with van der Waals surface area (Å²) in [6, 6.07) is 3.20. The molecule has 1 aliphatic heterocycles. The Labute approximate surface area is 119 Å². The van der Waals surface area contributed by atoms with Crippen LogP contribution in [0.3, 0.4) is 0 Å². The van der Waals surface area contributed by atoms with Gasteiger partial charge in [-0.25, -0.2) is 4.79 Å². The molecule has 1 aliphatic rings. The largest absolute Gasteiger partial charge is 0.508 e. The van der Waals surface area contributed by atoms with E-state index in [0.29, 0.717) is 5.75 Å². The van der Waals surface area contributed by atoms with Crippen molar-refractivity contribution >= 4 is 5.97 Å². The molecule has 0 aromatic heterocycles. The summed E-state index contributed by atoms with van der Waals surface area (Å²) in [7, 11) is 0. The number of hydrogen-bond donors (Lipinski definition) is 2. The van der Waals surface area contributed by atoms with Gasteiger partial charge in [0.05, 0.1) is 0 Å². The molecule has 2 N–H and O–H groups in total. The first-order valence-electron chi connectivity index (χ1n) is 6.72. The number of hydrogen-bond acceptors (Lipinski definition) is 3. The zero-order chi connectivity index (χ0) is 15.5. The lowest BCUT2D eigenvalue weighted by atomic mass is 9.54. The Bertz CT molecular complexity index is 586. The fourth-order valence-electron chi connectivity index (χ4n) is 3.10. The van der Waals surface area contributed by atoms with Crippen LogP contribution in [-0.4, -0.2) is 21.8 Å². The van der Waals surface area contributed by atoms with E-state index in [0.717, 1.165) is 11.1 Å². The molecule has 110 valence electrons. The molecule has 0 amide bonds. The van der Waals surface area contributed by atoms with Gasteiger partial charge in [0.2, 0.25) is 5.60 Å². The lowest BCUT2D eigenvalue weighted by molar-refractivity contribution is -0.174. The summed E-state index contributed by atoms with van der Waals surface area (Å²) in [4.78, 5) is 11.8. The Hall–Kier alpha value is -1.71. The van der Waals surface area contributed by atoms with Gasteiger partial charge in [0.1, 0.15) is 11.5 Å². The molecule has 0 fully saturated rings. The first-order valence-corrected chi connectivity index (χ1v) is 6.72. The molecule has 0 saturated heterocycles. The van der Waals surface area contributed by atoms with Crippen molar-refractivity contribution in [2.45, 2.75) is 52.6 Å². The van der Waals surface area contributed by atoms with E-state index in [1.165, 1.54) is 0 Å². The minimum absolute atomic E-state index is 0.204. The number of ether oxygens (including phenoxy) is 1. The summed E-state index contributed by atoms with van der Waals surface area (Å²) >= 11 is 0. The van der Waals surface area contributed by atoms with Crippen molar-refractivity contribution in [3.63, 3.8) is 0 Å². The number of rotatable bonds is 1. The van der Waals surface area contributed by atoms with E-state index in [2.05, 4.69) is 0 Å². The van der Waals surface area contributed by atoms with Crippen LogP contribution in [0.25, 0.3) is 0 Å². The summed E-state index contributed by atoms with van der Waals surface area (Å²) in [6.07, 6.45) is 0. The van der Waals surface area contributed by atoms with Crippen molar-refractivity contribution in [3.05, 3.63) is 23.3 Å². The van der Waals surface area contributed by atoms with Crippen LogP contribution in [0.2, 0.25) is 0 Å². The summed E-state index contributed by atoms with van der Waals surface area (Å²) in [5.41, 5.74) is -0.824. The molecule has 1 unspecified atom stereocenters. The lowest BCUT2D eigenvalue weighted by Crippen LogP contribution is -2.63. The third kappa shape index (κ3) is 1.51. The van der Waals surface area contributed by atoms with Crippen LogP contribution in [0.1, 0.15) is 45.7 Å². The standard InChI is InChI=1S/C16H22O4/c1-9-10(17)7-8-11-12(9)14(2,3)15(4,5)16(6,20-11)13(18)19/h7-8,17H,1-6H3,(H,18,19). The Morgan fingerprint density at radius 3 is 2.20 bits per heavy atom. The van der Waals surface area contributed by atoms with Crippen molar-refractivity contribution < 1.29 is 19.7 Å². The molecule has 0 aliphatic carbocycles. The molecular formula is C16H22O4. The smallest absolute Gasteiger partial charge is 0.348 e. The van der Waals surface area contributed by atoms with Gasteiger partial charge in [-0.1, -0.05) is 27.7 Å². The number of phenols is 1. The Morgan fingerprint density at radius 2 is 1.70 bits per heavy atom. The fraction of sp³-hybridized carbons (Fsp3) is 0.562. The maximum Gasteiger partial charge on any atom is 0.348 e. The zero-order valence-corrected chi connectivity index (χ0v) is 12.9. The van der Waals surface area contributed by atoms with E-state index >= 15 is 0 Å². The Kier molecular flexibility index (Phi) is 2.87. The van der Waals surface area contributed by atoms with Crippen molar-refractivity contribution in [3.8, 4) is 11.5 Å². The van der Waals surface area contributed by atoms with E-state index in [1.807, 2.05) is 34.6 Å². The number of carbonyl (C=O) groups is 1. The van der Waals surface area contributed by atoms with Gasteiger partial charge in [-0.2, -0.15) is 0 Å². The monoisotopic (exact) mass is 278 g/mol. The highest BCUT2D eigenvalue weighted by Crippen LogP contribution is 2.58. The van der Waals surface area contributed by atoms with Gasteiger partial charge in [-0.15, -0.1) is 0 Å². The van der Waals surface area contributed by atoms with Gasteiger partial charge in [0.15, 0.2) is 0 Å². The third-order valence-electron chi connectivity index (χ3n) is 5.50. The number of aromatic hydroxyl groups is 1. The predicted octanol–water partition coefficient (Wildman–Crippen LogP) is 3.24.